The van der Waals surface area contributed by atoms with E-state index in [1.807, 2.05) is 6.08 Å². The lowest BCUT2D eigenvalue weighted by molar-refractivity contribution is -0.141. The van der Waals surface area contributed by atoms with Gasteiger partial charge in [-0.3, -0.25) is 4.79 Å². The van der Waals surface area contributed by atoms with Crippen molar-refractivity contribution in [2.45, 2.75) is 96.4 Å². The molecule has 0 saturated carbocycles. The molecule has 1 heterocycles. The Morgan fingerprint density at radius 3 is 2.48 bits per heavy atom. The first-order valence-electron chi connectivity index (χ1n) is 9.29. The van der Waals surface area contributed by atoms with Gasteiger partial charge in [0.2, 0.25) is 0 Å². The van der Waals surface area contributed by atoms with Gasteiger partial charge in [0, 0.05) is 0 Å². The van der Waals surface area contributed by atoms with Crippen LogP contribution in [-0.2, 0) is 9.53 Å². The third-order valence-corrected chi connectivity index (χ3v) is 4.57. The molecule has 4 nitrogen and oxygen atoms in total. The van der Waals surface area contributed by atoms with Crippen molar-refractivity contribution in [1.29, 1.82) is 0 Å². The second-order valence-electron chi connectivity index (χ2n) is 6.78. The van der Waals surface area contributed by atoms with Gasteiger partial charge in [0.1, 0.15) is 12.2 Å². The molecule has 0 aromatic carbocycles. The van der Waals surface area contributed by atoms with Gasteiger partial charge in [-0.15, -0.1) is 0 Å². The highest BCUT2D eigenvalue weighted by atomic mass is 16.6. The minimum atomic E-state index is -0.766. The number of allylic oxidation sites excluding steroid dienone is 1. The highest BCUT2D eigenvalue weighted by Gasteiger charge is 2.43. The number of aliphatic carboxylic acids is 1. The monoisotopic (exact) mass is 326 g/mol. The zero-order chi connectivity index (χ0) is 17.1. The van der Waals surface area contributed by atoms with Crippen LogP contribution in [0.4, 0.5) is 0 Å². The summed E-state index contributed by atoms with van der Waals surface area (Å²) in [5, 5.41) is 18.8. The molecule has 2 N–H and O–H groups in total. The third kappa shape index (κ3) is 9.11. The number of hydrogen-bond donors (Lipinski definition) is 2. The lowest BCUT2D eigenvalue weighted by Gasteiger charge is -2.04. The van der Waals surface area contributed by atoms with Crippen molar-refractivity contribution < 1.29 is 19.7 Å². The summed E-state index contributed by atoms with van der Waals surface area (Å²) in [5.74, 6) is -1.11. The maximum Gasteiger partial charge on any atom is 0.306 e. The van der Waals surface area contributed by atoms with Crippen LogP contribution >= 0.6 is 0 Å². The van der Waals surface area contributed by atoms with Crippen molar-refractivity contribution >= 4 is 5.97 Å². The number of rotatable bonds is 14. The molecule has 1 fully saturated rings. The van der Waals surface area contributed by atoms with Gasteiger partial charge >= 0.3 is 5.97 Å². The second kappa shape index (κ2) is 11.6. The number of carboxylic acids is 1. The van der Waals surface area contributed by atoms with E-state index in [1.165, 1.54) is 44.9 Å². The molecule has 4 heteroatoms. The Kier molecular flexibility index (Phi) is 10.2. The van der Waals surface area contributed by atoms with Gasteiger partial charge in [0.15, 0.2) is 0 Å². The number of aliphatic hydroxyl groups is 1. The topological polar surface area (TPSA) is 70.1 Å². The van der Waals surface area contributed by atoms with Gasteiger partial charge in [0.25, 0.3) is 0 Å². The summed E-state index contributed by atoms with van der Waals surface area (Å²) in [4.78, 5) is 10.7. The van der Waals surface area contributed by atoms with Gasteiger partial charge in [-0.1, -0.05) is 64.5 Å². The molecule has 0 aromatic heterocycles. The lowest BCUT2D eigenvalue weighted by atomic mass is 10.0. The predicted octanol–water partition coefficient (Wildman–Crippen LogP) is 4.31. The minimum Gasteiger partial charge on any atom is -0.481 e. The molecule has 0 amide bonds. The van der Waals surface area contributed by atoms with E-state index in [9.17, 15) is 9.90 Å². The summed E-state index contributed by atoms with van der Waals surface area (Å²) < 4.78 is 5.45. The standard InChI is InChI=1S/C19H34O4/c1-3-4-5-6-7-8-9-10-11-12-16(20)18-17(23-18)14-13-15(2)19(21)22/h11-12,15-18,20H,3-10,13-14H2,1-2H3,(H,21,22)/b12-11-. The number of aliphatic hydroxyl groups excluding tert-OH is 1. The van der Waals surface area contributed by atoms with E-state index in [2.05, 4.69) is 13.0 Å². The van der Waals surface area contributed by atoms with Crippen molar-refractivity contribution in [3.63, 3.8) is 0 Å². The van der Waals surface area contributed by atoms with Crippen molar-refractivity contribution in [3.05, 3.63) is 12.2 Å². The van der Waals surface area contributed by atoms with Crippen molar-refractivity contribution in [1.82, 2.24) is 0 Å². The zero-order valence-electron chi connectivity index (χ0n) is 14.7. The third-order valence-electron chi connectivity index (χ3n) is 4.57. The van der Waals surface area contributed by atoms with E-state index < -0.39 is 12.1 Å². The predicted molar refractivity (Wildman–Crippen MR) is 92.5 cm³/mol. The first-order chi connectivity index (χ1) is 11.1. The maximum absolute atomic E-state index is 10.7. The van der Waals surface area contributed by atoms with Crippen LogP contribution in [0.1, 0.15) is 78.1 Å². The Hall–Kier alpha value is -0.870. The molecule has 23 heavy (non-hydrogen) atoms. The normalized spacial score (nSPS) is 23.1. The van der Waals surface area contributed by atoms with E-state index >= 15 is 0 Å². The molecule has 0 spiro atoms. The molecule has 134 valence electrons. The van der Waals surface area contributed by atoms with Crippen LogP contribution in [0.25, 0.3) is 0 Å². The van der Waals surface area contributed by atoms with Crippen molar-refractivity contribution in [2.75, 3.05) is 0 Å². The largest absolute Gasteiger partial charge is 0.481 e. The Morgan fingerprint density at radius 1 is 1.17 bits per heavy atom. The molecular weight excluding hydrogens is 292 g/mol. The zero-order valence-corrected chi connectivity index (χ0v) is 14.7. The average Bonchev–Trinajstić information content (AvgIpc) is 3.30. The van der Waals surface area contributed by atoms with Crippen molar-refractivity contribution in [3.8, 4) is 0 Å². The van der Waals surface area contributed by atoms with Crippen LogP contribution in [-0.4, -0.2) is 34.5 Å². The first-order valence-corrected chi connectivity index (χ1v) is 9.29. The molecular formula is C19H34O4. The summed E-state index contributed by atoms with van der Waals surface area (Å²) >= 11 is 0. The quantitative estimate of drug-likeness (QED) is 0.283. The maximum atomic E-state index is 10.7. The van der Waals surface area contributed by atoms with Crippen LogP contribution in [0.2, 0.25) is 0 Å². The summed E-state index contributed by atoms with van der Waals surface area (Å²) in [6.07, 6.45) is 14.6. The molecule has 0 aromatic rings. The molecule has 1 rings (SSSR count). The number of carboxylic acid groups (broad SMARTS) is 1. The average molecular weight is 326 g/mol. The van der Waals surface area contributed by atoms with E-state index in [0.29, 0.717) is 12.8 Å². The summed E-state index contributed by atoms with van der Waals surface area (Å²) in [5.41, 5.74) is 0. The van der Waals surface area contributed by atoms with E-state index in [4.69, 9.17) is 9.84 Å². The molecule has 1 aliphatic heterocycles. The minimum absolute atomic E-state index is 0.0232. The highest BCUT2D eigenvalue weighted by Crippen LogP contribution is 2.31. The fourth-order valence-corrected chi connectivity index (χ4v) is 2.79. The number of hydrogen-bond acceptors (Lipinski definition) is 3. The van der Waals surface area contributed by atoms with Gasteiger partial charge in [-0.2, -0.15) is 0 Å². The van der Waals surface area contributed by atoms with Gasteiger partial charge < -0.3 is 14.9 Å². The Labute approximate surface area is 140 Å². The Bertz CT molecular complexity index is 353. The van der Waals surface area contributed by atoms with Crippen LogP contribution < -0.4 is 0 Å². The molecule has 0 bridgehead atoms. The smallest absolute Gasteiger partial charge is 0.306 e. The van der Waals surface area contributed by atoms with E-state index in [1.54, 1.807) is 6.92 Å². The summed E-state index contributed by atoms with van der Waals surface area (Å²) in [6.45, 7) is 3.94. The number of epoxide rings is 1. The fourth-order valence-electron chi connectivity index (χ4n) is 2.79. The van der Waals surface area contributed by atoms with Crippen molar-refractivity contribution in [2.24, 2.45) is 5.92 Å². The Balaban J connectivity index is 2.00. The van der Waals surface area contributed by atoms with Crippen LogP contribution in [0.3, 0.4) is 0 Å². The van der Waals surface area contributed by atoms with Crippen LogP contribution in [0.15, 0.2) is 12.2 Å². The molecule has 1 saturated heterocycles. The Morgan fingerprint density at radius 2 is 1.83 bits per heavy atom. The molecule has 1 aliphatic rings. The molecule has 0 radical (unpaired) electrons. The second-order valence-corrected chi connectivity index (χ2v) is 6.78. The molecule has 4 atom stereocenters. The van der Waals surface area contributed by atoms with Gasteiger partial charge in [-0.25, -0.2) is 0 Å². The molecule has 4 unspecified atom stereocenters. The molecule has 0 aliphatic carbocycles. The number of carbonyl (C=O) groups is 1. The van der Waals surface area contributed by atoms with E-state index in [-0.39, 0.29) is 18.1 Å². The summed E-state index contributed by atoms with van der Waals surface area (Å²) in [6, 6.07) is 0. The SMILES string of the molecule is CCCCCCCCC/C=C\C(O)C1OC1CCC(C)C(=O)O. The lowest BCUT2D eigenvalue weighted by Crippen LogP contribution is -2.15. The summed E-state index contributed by atoms with van der Waals surface area (Å²) in [7, 11) is 0. The van der Waals surface area contributed by atoms with Gasteiger partial charge in [-0.05, 0) is 25.7 Å². The van der Waals surface area contributed by atoms with Crippen LogP contribution in [0.5, 0.6) is 0 Å². The van der Waals surface area contributed by atoms with E-state index in [0.717, 1.165) is 6.42 Å². The first kappa shape index (κ1) is 20.2. The fraction of sp³-hybridized carbons (Fsp3) is 0.842. The number of unbranched alkanes of at least 4 members (excludes halogenated alkanes) is 7. The number of ether oxygens (including phenoxy) is 1. The highest BCUT2D eigenvalue weighted by molar-refractivity contribution is 5.69. The van der Waals surface area contributed by atoms with Crippen LogP contribution in [0, 0.1) is 5.92 Å². The van der Waals surface area contributed by atoms with Gasteiger partial charge in [0.05, 0.1) is 12.0 Å².